The molecule has 4 rings (SSSR count). The van der Waals surface area contributed by atoms with E-state index in [0.717, 1.165) is 21.0 Å². The molecule has 4 aromatic rings. The minimum absolute atomic E-state index is 0.0138. The number of aryl methyl sites for hydroxylation is 1. The van der Waals surface area contributed by atoms with Crippen LogP contribution in [0.15, 0.2) is 113 Å². The van der Waals surface area contributed by atoms with Crippen LogP contribution in [0.3, 0.4) is 0 Å². The Morgan fingerprint density at radius 1 is 0.923 bits per heavy atom. The largest absolute Gasteiger partial charge is 0.488 e. The van der Waals surface area contributed by atoms with Crippen molar-refractivity contribution < 1.29 is 17.9 Å². The zero-order valence-electron chi connectivity index (χ0n) is 21.3. The standard InChI is InChI=1S/C30H28ClN3O4S/c1-23-8-7-11-25(18-23)20-34(39(36,37)28-16-14-27(31)15-17-28)21-30(35)33-32-19-26-12-5-6-13-29(26)38-22-24-9-3-2-4-10-24/h2-19H,20-22H2,1H3,(H,33,35)/b32-19-. The van der Waals surface area contributed by atoms with Crippen molar-refractivity contribution in [1.82, 2.24) is 9.73 Å². The third-order valence-electron chi connectivity index (χ3n) is 5.76. The zero-order chi connectivity index (χ0) is 27.7. The van der Waals surface area contributed by atoms with Gasteiger partial charge in [-0.15, -0.1) is 0 Å². The van der Waals surface area contributed by atoms with Crippen LogP contribution >= 0.6 is 11.6 Å². The van der Waals surface area contributed by atoms with Crippen molar-refractivity contribution >= 4 is 33.7 Å². The Balaban J connectivity index is 1.46. The fourth-order valence-electron chi connectivity index (χ4n) is 3.82. The van der Waals surface area contributed by atoms with Crippen molar-refractivity contribution in [3.05, 3.63) is 130 Å². The fraction of sp³-hybridized carbons (Fsp3) is 0.133. The Kier molecular flexibility index (Phi) is 9.49. The molecule has 7 nitrogen and oxygen atoms in total. The molecule has 0 spiro atoms. The molecule has 0 heterocycles. The van der Waals surface area contributed by atoms with Crippen molar-refractivity contribution in [2.24, 2.45) is 5.10 Å². The maximum Gasteiger partial charge on any atom is 0.255 e. The molecule has 0 saturated carbocycles. The smallest absolute Gasteiger partial charge is 0.255 e. The van der Waals surface area contributed by atoms with Gasteiger partial charge in [-0.05, 0) is 54.4 Å². The van der Waals surface area contributed by atoms with Crippen molar-refractivity contribution in [2.45, 2.75) is 25.0 Å². The average molecular weight is 562 g/mol. The number of rotatable bonds is 11. The first kappa shape index (κ1) is 28.0. The van der Waals surface area contributed by atoms with Gasteiger partial charge in [-0.3, -0.25) is 4.79 Å². The van der Waals surface area contributed by atoms with E-state index in [9.17, 15) is 13.2 Å². The molecule has 0 fully saturated rings. The second-order valence-electron chi connectivity index (χ2n) is 8.82. The van der Waals surface area contributed by atoms with Gasteiger partial charge in [0.25, 0.3) is 5.91 Å². The van der Waals surface area contributed by atoms with E-state index in [1.165, 1.54) is 30.5 Å². The number of ether oxygens (including phenoxy) is 1. The minimum Gasteiger partial charge on any atom is -0.488 e. The third-order valence-corrected chi connectivity index (χ3v) is 7.82. The molecule has 0 atom stereocenters. The summed E-state index contributed by atoms with van der Waals surface area (Å²) < 4.78 is 33.9. The van der Waals surface area contributed by atoms with E-state index in [1.807, 2.05) is 85.8 Å². The lowest BCUT2D eigenvalue weighted by molar-refractivity contribution is -0.121. The number of sulfonamides is 1. The normalized spacial score (nSPS) is 11.6. The van der Waals surface area contributed by atoms with Gasteiger partial charge in [-0.2, -0.15) is 9.41 Å². The summed E-state index contributed by atoms with van der Waals surface area (Å²) in [5.41, 5.74) is 5.87. The SMILES string of the molecule is Cc1cccc(CN(CC(=O)N/N=C\c2ccccc2OCc2ccccc2)S(=O)(=O)c2ccc(Cl)cc2)c1. The summed E-state index contributed by atoms with van der Waals surface area (Å²) in [7, 11) is -4.00. The molecule has 0 radical (unpaired) electrons. The Hall–Kier alpha value is -3.98. The highest BCUT2D eigenvalue weighted by Gasteiger charge is 2.27. The van der Waals surface area contributed by atoms with Crippen molar-refractivity contribution in [3.63, 3.8) is 0 Å². The van der Waals surface area contributed by atoms with Gasteiger partial charge in [0.2, 0.25) is 10.0 Å². The van der Waals surface area contributed by atoms with E-state index in [-0.39, 0.29) is 11.4 Å². The summed E-state index contributed by atoms with van der Waals surface area (Å²) in [5, 5.41) is 4.47. The zero-order valence-corrected chi connectivity index (χ0v) is 22.9. The number of hydrogen-bond acceptors (Lipinski definition) is 5. The van der Waals surface area contributed by atoms with Crippen molar-refractivity contribution in [2.75, 3.05) is 6.54 Å². The molecular formula is C30H28ClN3O4S. The van der Waals surface area contributed by atoms with Crippen LogP contribution in [-0.2, 0) is 28.0 Å². The summed E-state index contributed by atoms with van der Waals surface area (Å²) >= 11 is 5.95. The van der Waals surface area contributed by atoms with Crippen LogP contribution in [0.5, 0.6) is 5.75 Å². The monoisotopic (exact) mass is 561 g/mol. The molecule has 0 saturated heterocycles. The van der Waals surface area contributed by atoms with Crippen LogP contribution in [0.1, 0.15) is 22.3 Å². The molecule has 0 aromatic heterocycles. The summed E-state index contributed by atoms with van der Waals surface area (Å²) in [6.07, 6.45) is 1.47. The second-order valence-corrected chi connectivity index (χ2v) is 11.2. The lowest BCUT2D eigenvalue weighted by Crippen LogP contribution is -2.39. The molecule has 0 aliphatic heterocycles. The highest BCUT2D eigenvalue weighted by molar-refractivity contribution is 7.89. The first-order valence-electron chi connectivity index (χ1n) is 12.2. The molecule has 9 heteroatoms. The van der Waals surface area contributed by atoms with Gasteiger partial charge in [0.15, 0.2) is 0 Å². The van der Waals surface area contributed by atoms with Gasteiger partial charge >= 0.3 is 0 Å². The Morgan fingerprint density at radius 2 is 1.62 bits per heavy atom. The molecule has 39 heavy (non-hydrogen) atoms. The van der Waals surface area contributed by atoms with E-state index in [0.29, 0.717) is 22.9 Å². The predicted molar refractivity (Wildman–Crippen MR) is 153 cm³/mol. The number of halogens is 1. The van der Waals surface area contributed by atoms with Crippen LogP contribution in [0.2, 0.25) is 5.02 Å². The number of carbonyl (C=O) groups is 1. The molecule has 0 aliphatic carbocycles. The molecule has 0 unspecified atom stereocenters. The molecule has 0 aliphatic rings. The van der Waals surface area contributed by atoms with E-state index < -0.39 is 22.5 Å². The number of nitrogens with one attached hydrogen (secondary N) is 1. The number of hydrazone groups is 1. The van der Waals surface area contributed by atoms with E-state index in [2.05, 4.69) is 10.5 Å². The quantitative estimate of drug-likeness (QED) is 0.192. The van der Waals surface area contributed by atoms with Gasteiger partial charge in [0, 0.05) is 17.1 Å². The highest BCUT2D eigenvalue weighted by Crippen LogP contribution is 2.21. The average Bonchev–Trinajstić information content (AvgIpc) is 2.93. The van der Waals surface area contributed by atoms with Crippen LogP contribution < -0.4 is 10.2 Å². The first-order chi connectivity index (χ1) is 18.8. The summed E-state index contributed by atoms with van der Waals surface area (Å²) in [6.45, 7) is 1.89. The number of benzene rings is 4. The molecule has 1 amide bonds. The first-order valence-corrected chi connectivity index (χ1v) is 14.0. The van der Waals surface area contributed by atoms with E-state index in [4.69, 9.17) is 16.3 Å². The highest BCUT2D eigenvalue weighted by atomic mass is 35.5. The van der Waals surface area contributed by atoms with Gasteiger partial charge in [0.05, 0.1) is 17.7 Å². The van der Waals surface area contributed by atoms with E-state index >= 15 is 0 Å². The lowest BCUT2D eigenvalue weighted by atomic mass is 10.1. The summed E-state index contributed by atoms with van der Waals surface area (Å²) in [4.78, 5) is 12.9. The molecule has 4 aromatic carbocycles. The van der Waals surface area contributed by atoms with Crippen LogP contribution in [0.25, 0.3) is 0 Å². The second kappa shape index (κ2) is 13.2. The number of hydrogen-bond donors (Lipinski definition) is 1. The van der Waals surface area contributed by atoms with E-state index in [1.54, 1.807) is 0 Å². The van der Waals surface area contributed by atoms with Crippen LogP contribution in [0, 0.1) is 6.92 Å². The molecule has 1 N–H and O–H groups in total. The Bertz CT molecular complexity index is 1540. The Morgan fingerprint density at radius 3 is 2.36 bits per heavy atom. The van der Waals surface area contributed by atoms with Crippen molar-refractivity contribution in [1.29, 1.82) is 0 Å². The van der Waals surface area contributed by atoms with Gasteiger partial charge < -0.3 is 4.74 Å². The number of nitrogens with zero attached hydrogens (tertiary/aromatic N) is 2. The maximum absolute atomic E-state index is 13.4. The van der Waals surface area contributed by atoms with Gasteiger partial charge in [-0.25, -0.2) is 13.8 Å². The van der Waals surface area contributed by atoms with Crippen molar-refractivity contribution in [3.8, 4) is 5.75 Å². The Labute approximate surface area is 233 Å². The van der Waals surface area contributed by atoms with Gasteiger partial charge in [0.1, 0.15) is 12.4 Å². The lowest BCUT2D eigenvalue weighted by Gasteiger charge is -2.21. The minimum atomic E-state index is -4.00. The number of para-hydroxylation sites is 1. The fourth-order valence-corrected chi connectivity index (χ4v) is 5.33. The summed E-state index contributed by atoms with van der Waals surface area (Å²) in [6, 6.07) is 30.4. The topological polar surface area (TPSA) is 88.1 Å². The molecule has 0 bridgehead atoms. The van der Waals surface area contributed by atoms with Crippen LogP contribution in [-0.4, -0.2) is 31.4 Å². The number of amides is 1. The molecule has 200 valence electrons. The predicted octanol–water partition coefficient (Wildman–Crippen LogP) is 5.57. The summed E-state index contributed by atoms with van der Waals surface area (Å²) in [5.74, 6) is 0.0184. The number of carbonyl (C=O) groups excluding carboxylic acids is 1. The van der Waals surface area contributed by atoms with Gasteiger partial charge in [-0.1, -0.05) is 83.9 Å². The third kappa shape index (κ3) is 8.00. The van der Waals surface area contributed by atoms with Crippen LogP contribution in [0.4, 0.5) is 0 Å². The maximum atomic E-state index is 13.4. The molecular weight excluding hydrogens is 534 g/mol.